The topological polar surface area (TPSA) is 81.9 Å². The Morgan fingerprint density at radius 2 is 2.04 bits per heavy atom. The van der Waals surface area contributed by atoms with Crippen LogP contribution in [0.1, 0.15) is 29.2 Å². The Kier molecular flexibility index (Phi) is 4.08. The number of carbonyl (C=O) groups is 1. The molecule has 8 heteroatoms. The number of amides is 1. The molecule has 26 heavy (non-hydrogen) atoms. The van der Waals surface area contributed by atoms with Gasteiger partial charge in [-0.25, -0.2) is 0 Å². The summed E-state index contributed by atoms with van der Waals surface area (Å²) in [5, 5.41) is 16.2. The van der Waals surface area contributed by atoms with Crippen molar-refractivity contribution < 1.29 is 9.53 Å². The van der Waals surface area contributed by atoms with E-state index in [9.17, 15) is 4.79 Å². The molecule has 3 heterocycles. The van der Waals surface area contributed by atoms with Crippen molar-refractivity contribution in [1.82, 2.24) is 20.0 Å². The first-order valence-corrected chi connectivity index (χ1v) is 8.48. The van der Waals surface area contributed by atoms with Crippen LogP contribution < -0.4 is 10.1 Å². The first kappa shape index (κ1) is 16.5. The SMILES string of the molecule is COc1ccc(-n2nc(C)c3c2NC(=O)C[C@H]3c2ccccc2Cl)nn1. The minimum atomic E-state index is -0.160. The van der Waals surface area contributed by atoms with Gasteiger partial charge in [0.05, 0.1) is 12.8 Å². The molecule has 3 aromatic rings. The maximum Gasteiger partial charge on any atom is 0.233 e. The van der Waals surface area contributed by atoms with E-state index in [0.717, 1.165) is 16.8 Å². The van der Waals surface area contributed by atoms with Gasteiger partial charge in [-0.15, -0.1) is 10.2 Å². The predicted octanol–water partition coefficient (Wildman–Crippen LogP) is 3.11. The van der Waals surface area contributed by atoms with Crippen molar-refractivity contribution in [1.29, 1.82) is 0 Å². The monoisotopic (exact) mass is 369 g/mol. The summed E-state index contributed by atoms with van der Waals surface area (Å²) in [6.45, 7) is 1.91. The largest absolute Gasteiger partial charge is 0.480 e. The third-order valence-electron chi connectivity index (χ3n) is 4.44. The Labute approximate surface area is 155 Å². The number of hydrogen-bond donors (Lipinski definition) is 1. The number of ether oxygens (including phenoxy) is 1. The summed E-state index contributed by atoms with van der Waals surface area (Å²) in [5.41, 5.74) is 2.66. The molecule has 0 bridgehead atoms. The van der Waals surface area contributed by atoms with E-state index >= 15 is 0 Å². The molecular weight excluding hydrogens is 354 g/mol. The fraction of sp³-hybridized carbons (Fsp3) is 0.222. The van der Waals surface area contributed by atoms with Gasteiger partial charge in [-0.3, -0.25) is 4.79 Å². The summed E-state index contributed by atoms with van der Waals surface area (Å²) >= 11 is 6.39. The second kappa shape index (κ2) is 6.42. The average Bonchev–Trinajstić information content (AvgIpc) is 2.98. The standard InChI is InChI=1S/C18H16ClN5O2/c1-10-17-12(11-5-3-4-6-13(11)19)9-15(25)20-18(17)24(23-10)14-7-8-16(26-2)22-21-14/h3-8,12H,9H2,1-2H3,(H,20,25)/t12-/m0/s1. The number of hydrogen-bond acceptors (Lipinski definition) is 5. The van der Waals surface area contributed by atoms with Crippen LogP contribution in [0.3, 0.4) is 0 Å². The molecule has 1 amide bonds. The molecule has 1 aliphatic rings. The molecule has 0 saturated heterocycles. The molecule has 0 saturated carbocycles. The smallest absolute Gasteiger partial charge is 0.233 e. The third-order valence-corrected chi connectivity index (χ3v) is 4.78. The van der Waals surface area contributed by atoms with Gasteiger partial charge in [-0.1, -0.05) is 29.8 Å². The van der Waals surface area contributed by atoms with Gasteiger partial charge in [-0.2, -0.15) is 9.78 Å². The summed E-state index contributed by atoms with van der Waals surface area (Å²) in [4.78, 5) is 12.4. The number of anilines is 1. The number of methoxy groups -OCH3 is 1. The molecule has 2 aromatic heterocycles. The van der Waals surface area contributed by atoms with Gasteiger partial charge in [0, 0.05) is 29.0 Å². The van der Waals surface area contributed by atoms with Gasteiger partial charge in [0.2, 0.25) is 11.8 Å². The maximum absolute atomic E-state index is 12.4. The first-order chi connectivity index (χ1) is 12.6. The fourth-order valence-corrected chi connectivity index (χ4v) is 3.54. The highest BCUT2D eigenvalue weighted by molar-refractivity contribution is 6.31. The first-order valence-electron chi connectivity index (χ1n) is 8.10. The highest BCUT2D eigenvalue weighted by atomic mass is 35.5. The predicted molar refractivity (Wildman–Crippen MR) is 97.0 cm³/mol. The molecule has 0 fully saturated rings. The minimum absolute atomic E-state index is 0.0926. The number of halogens is 1. The van der Waals surface area contributed by atoms with Crippen LogP contribution in [0.4, 0.5) is 5.82 Å². The van der Waals surface area contributed by atoms with Gasteiger partial charge >= 0.3 is 0 Å². The normalized spacial score (nSPS) is 16.1. The van der Waals surface area contributed by atoms with E-state index in [2.05, 4.69) is 20.6 Å². The van der Waals surface area contributed by atoms with E-state index in [1.165, 1.54) is 7.11 Å². The molecule has 4 rings (SSSR count). The Balaban J connectivity index is 1.86. The second-order valence-electron chi connectivity index (χ2n) is 6.02. The quantitative estimate of drug-likeness (QED) is 0.767. The lowest BCUT2D eigenvalue weighted by Gasteiger charge is -2.24. The van der Waals surface area contributed by atoms with Crippen molar-refractivity contribution in [3.63, 3.8) is 0 Å². The van der Waals surface area contributed by atoms with Crippen LogP contribution in [0, 0.1) is 6.92 Å². The number of aryl methyl sites for hydroxylation is 1. The third kappa shape index (κ3) is 2.70. The maximum atomic E-state index is 12.4. The Hall–Kier alpha value is -2.93. The molecule has 0 radical (unpaired) electrons. The van der Waals surface area contributed by atoms with Crippen molar-refractivity contribution in [2.45, 2.75) is 19.3 Å². The molecule has 132 valence electrons. The van der Waals surface area contributed by atoms with E-state index in [4.69, 9.17) is 16.3 Å². The highest BCUT2D eigenvalue weighted by Crippen LogP contribution is 2.42. The van der Waals surface area contributed by atoms with Crippen molar-refractivity contribution >= 4 is 23.3 Å². The highest BCUT2D eigenvalue weighted by Gasteiger charge is 2.33. The van der Waals surface area contributed by atoms with Gasteiger partial charge in [0.1, 0.15) is 5.82 Å². The van der Waals surface area contributed by atoms with Crippen molar-refractivity contribution in [2.75, 3.05) is 12.4 Å². The number of nitrogens with zero attached hydrogens (tertiary/aromatic N) is 4. The van der Waals surface area contributed by atoms with Crippen molar-refractivity contribution in [3.8, 4) is 11.7 Å². The van der Waals surface area contributed by atoms with Crippen LogP contribution in [0.25, 0.3) is 5.82 Å². The minimum Gasteiger partial charge on any atom is -0.480 e. The summed E-state index contributed by atoms with van der Waals surface area (Å²) in [6.07, 6.45) is 0.317. The van der Waals surface area contributed by atoms with Gasteiger partial charge in [0.25, 0.3) is 0 Å². The van der Waals surface area contributed by atoms with E-state index in [-0.39, 0.29) is 11.8 Å². The lowest BCUT2D eigenvalue weighted by Crippen LogP contribution is -2.25. The molecule has 1 aliphatic heterocycles. The second-order valence-corrected chi connectivity index (χ2v) is 6.43. The van der Waals surface area contributed by atoms with E-state index < -0.39 is 0 Å². The average molecular weight is 370 g/mol. The Morgan fingerprint density at radius 1 is 1.23 bits per heavy atom. The number of rotatable bonds is 3. The number of aromatic nitrogens is 4. The summed E-state index contributed by atoms with van der Waals surface area (Å²) in [7, 11) is 1.53. The lowest BCUT2D eigenvalue weighted by molar-refractivity contribution is -0.116. The van der Waals surface area contributed by atoms with Crippen LogP contribution in [-0.4, -0.2) is 33.0 Å². The van der Waals surface area contributed by atoms with Crippen LogP contribution in [0.2, 0.25) is 5.02 Å². The Bertz CT molecular complexity index is 984. The van der Waals surface area contributed by atoms with Crippen molar-refractivity contribution in [3.05, 3.63) is 58.2 Å². The van der Waals surface area contributed by atoms with Crippen LogP contribution in [0.15, 0.2) is 36.4 Å². The molecule has 0 unspecified atom stereocenters. The number of fused-ring (bicyclic) bond motifs is 1. The zero-order valence-corrected chi connectivity index (χ0v) is 15.0. The van der Waals surface area contributed by atoms with Crippen LogP contribution in [0.5, 0.6) is 5.88 Å². The van der Waals surface area contributed by atoms with Crippen LogP contribution in [-0.2, 0) is 4.79 Å². The molecular formula is C18H16ClN5O2. The zero-order chi connectivity index (χ0) is 18.3. The molecule has 1 N–H and O–H groups in total. The summed E-state index contributed by atoms with van der Waals surface area (Å²) in [5.74, 6) is 1.25. The molecule has 1 atom stereocenters. The summed E-state index contributed by atoms with van der Waals surface area (Å²) in [6, 6.07) is 11.0. The summed E-state index contributed by atoms with van der Waals surface area (Å²) < 4.78 is 6.64. The van der Waals surface area contributed by atoms with Crippen LogP contribution >= 0.6 is 11.6 Å². The lowest BCUT2D eigenvalue weighted by atomic mass is 9.86. The van der Waals surface area contributed by atoms with Gasteiger partial charge in [-0.05, 0) is 24.6 Å². The van der Waals surface area contributed by atoms with Crippen molar-refractivity contribution in [2.24, 2.45) is 0 Å². The molecule has 1 aromatic carbocycles. The number of benzene rings is 1. The number of carbonyl (C=O) groups excluding carboxylic acids is 1. The van der Waals surface area contributed by atoms with E-state index in [1.807, 2.05) is 31.2 Å². The van der Waals surface area contributed by atoms with Gasteiger partial charge < -0.3 is 10.1 Å². The van der Waals surface area contributed by atoms with E-state index in [0.29, 0.717) is 29.0 Å². The van der Waals surface area contributed by atoms with E-state index in [1.54, 1.807) is 16.8 Å². The number of nitrogens with one attached hydrogen (secondary N) is 1. The Morgan fingerprint density at radius 3 is 2.73 bits per heavy atom. The molecule has 0 spiro atoms. The molecule has 7 nitrogen and oxygen atoms in total. The molecule has 0 aliphatic carbocycles. The van der Waals surface area contributed by atoms with Gasteiger partial charge in [0.15, 0.2) is 5.82 Å². The zero-order valence-electron chi connectivity index (χ0n) is 14.2. The fourth-order valence-electron chi connectivity index (χ4n) is 3.27.